The maximum absolute atomic E-state index is 11.1. The Morgan fingerprint density at radius 3 is 2.50 bits per heavy atom. The number of esters is 1. The number of nitro groups is 1. The second-order valence-corrected chi connectivity index (χ2v) is 4.65. The quantitative estimate of drug-likeness (QED) is 0.341. The van der Waals surface area contributed by atoms with Gasteiger partial charge in [-0.05, 0) is 24.8 Å². The summed E-state index contributed by atoms with van der Waals surface area (Å²) in [7, 11) is 1.33. The number of carbonyl (C=O) groups excluding carboxylic acids is 1. The number of ether oxygens (including phenoxy) is 1. The van der Waals surface area contributed by atoms with Crippen LogP contribution in [0.25, 0.3) is 0 Å². The van der Waals surface area contributed by atoms with Crippen molar-refractivity contribution in [1.29, 1.82) is 0 Å². The van der Waals surface area contributed by atoms with Crippen molar-refractivity contribution in [3.05, 3.63) is 39.9 Å². The number of hydrogen-bond acceptors (Lipinski definition) is 5. The maximum atomic E-state index is 11.1. The third-order valence-corrected chi connectivity index (χ3v) is 3.13. The van der Waals surface area contributed by atoms with Gasteiger partial charge in [-0.2, -0.15) is 0 Å². The highest BCUT2D eigenvalue weighted by molar-refractivity contribution is 5.75. The normalized spacial score (nSPS) is 11.9. The lowest BCUT2D eigenvalue weighted by Gasteiger charge is -2.08. The molecule has 0 spiro atoms. The Kier molecular flexibility index (Phi) is 6.66. The van der Waals surface area contributed by atoms with Gasteiger partial charge in [-0.1, -0.05) is 25.0 Å². The lowest BCUT2D eigenvalue weighted by atomic mass is 10.0. The van der Waals surface area contributed by atoms with Crippen LogP contribution in [0.15, 0.2) is 24.3 Å². The highest BCUT2D eigenvalue weighted by Gasteiger charge is 2.12. The molecule has 1 atom stereocenters. The number of aryl methyl sites for hydroxylation is 1. The van der Waals surface area contributed by atoms with Gasteiger partial charge in [0.05, 0.1) is 12.0 Å². The lowest BCUT2D eigenvalue weighted by Crippen LogP contribution is -2.31. The first-order chi connectivity index (χ1) is 9.54. The zero-order valence-electron chi connectivity index (χ0n) is 11.6. The summed E-state index contributed by atoms with van der Waals surface area (Å²) in [6.07, 6.45) is 4.27. The number of nitrogens with two attached hydrogens (primary N) is 1. The number of unbranched alkanes of at least 4 members (excludes halogenated alkanes) is 2. The van der Waals surface area contributed by atoms with Gasteiger partial charge in [-0.25, -0.2) is 0 Å². The summed E-state index contributed by atoms with van der Waals surface area (Å²) in [6.45, 7) is 0. The third kappa shape index (κ3) is 5.36. The Labute approximate surface area is 118 Å². The Balaban J connectivity index is 2.21. The number of rotatable bonds is 8. The molecule has 6 nitrogen and oxygen atoms in total. The van der Waals surface area contributed by atoms with Crippen LogP contribution in [0.4, 0.5) is 5.69 Å². The molecular weight excluding hydrogens is 260 g/mol. The van der Waals surface area contributed by atoms with E-state index in [0.29, 0.717) is 6.42 Å². The zero-order chi connectivity index (χ0) is 15.0. The first-order valence-corrected chi connectivity index (χ1v) is 6.61. The predicted octanol–water partition coefficient (Wildman–Crippen LogP) is 2.20. The van der Waals surface area contributed by atoms with E-state index in [2.05, 4.69) is 4.74 Å². The van der Waals surface area contributed by atoms with Gasteiger partial charge in [0, 0.05) is 12.1 Å². The number of nitrogens with zero attached hydrogens (tertiary/aromatic N) is 1. The van der Waals surface area contributed by atoms with Gasteiger partial charge in [0.15, 0.2) is 0 Å². The summed E-state index contributed by atoms with van der Waals surface area (Å²) in [5, 5.41) is 10.5. The van der Waals surface area contributed by atoms with Crippen LogP contribution in [-0.4, -0.2) is 24.0 Å². The van der Waals surface area contributed by atoms with Crippen LogP contribution in [0.1, 0.15) is 31.2 Å². The molecule has 1 aromatic rings. The van der Waals surface area contributed by atoms with E-state index in [-0.39, 0.29) is 11.7 Å². The molecule has 20 heavy (non-hydrogen) atoms. The molecule has 1 aromatic carbocycles. The van der Waals surface area contributed by atoms with E-state index in [1.54, 1.807) is 12.1 Å². The number of nitro benzene ring substituents is 1. The van der Waals surface area contributed by atoms with Crippen LogP contribution >= 0.6 is 0 Å². The smallest absolute Gasteiger partial charge is 0.322 e. The molecule has 0 radical (unpaired) electrons. The summed E-state index contributed by atoms with van der Waals surface area (Å²) >= 11 is 0. The Morgan fingerprint density at radius 1 is 1.30 bits per heavy atom. The molecule has 0 heterocycles. The summed E-state index contributed by atoms with van der Waals surface area (Å²) in [5.41, 5.74) is 6.81. The van der Waals surface area contributed by atoms with Gasteiger partial charge in [0.2, 0.25) is 0 Å². The molecule has 0 aliphatic rings. The maximum Gasteiger partial charge on any atom is 0.322 e. The minimum absolute atomic E-state index is 0.109. The largest absolute Gasteiger partial charge is 0.468 e. The monoisotopic (exact) mass is 280 g/mol. The summed E-state index contributed by atoms with van der Waals surface area (Å²) in [4.78, 5) is 21.2. The van der Waals surface area contributed by atoms with E-state index < -0.39 is 11.0 Å². The molecule has 0 saturated heterocycles. The van der Waals surface area contributed by atoms with Crippen LogP contribution in [0.2, 0.25) is 0 Å². The van der Waals surface area contributed by atoms with E-state index in [1.165, 1.54) is 19.2 Å². The summed E-state index contributed by atoms with van der Waals surface area (Å²) < 4.78 is 4.55. The first-order valence-electron chi connectivity index (χ1n) is 6.61. The minimum atomic E-state index is -0.542. The zero-order valence-corrected chi connectivity index (χ0v) is 11.6. The average Bonchev–Trinajstić information content (AvgIpc) is 2.46. The molecule has 1 rings (SSSR count). The molecule has 0 amide bonds. The van der Waals surface area contributed by atoms with Crippen LogP contribution in [-0.2, 0) is 16.0 Å². The topological polar surface area (TPSA) is 95.5 Å². The van der Waals surface area contributed by atoms with Crippen molar-refractivity contribution in [2.75, 3.05) is 7.11 Å². The van der Waals surface area contributed by atoms with Crippen molar-refractivity contribution in [1.82, 2.24) is 0 Å². The number of non-ortho nitro benzene ring substituents is 1. The second-order valence-electron chi connectivity index (χ2n) is 4.65. The fourth-order valence-corrected chi connectivity index (χ4v) is 1.92. The molecule has 0 saturated carbocycles. The summed E-state index contributed by atoms with van der Waals surface area (Å²) in [6, 6.07) is 6.04. The van der Waals surface area contributed by atoms with Crippen molar-refractivity contribution in [2.24, 2.45) is 5.73 Å². The van der Waals surface area contributed by atoms with E-state index in [4.69, 9.17) is 5.73 Å². The fourth-order valence-electron chi connectivity index (χ4n) is 1.92. The Morgan fingerprint density at radius 2 is 1.95 bits per heavy atom. The number of benzene rings is 1. The molecule has 0 aromatic heterocycles. The SMILES string of the molecule is COC(=O)C(N)CCCCCc1ccc([N+](=O)[O-])cc1. The molecule has 0 aliphatic heterocycles. The van der Waals surface area contributed by atoms with Crippen LogP contribution in [0, 0.1) is 10.1 Å². The van der Waals surface area contributed by atoms with Gasteiger partial charge in [0.25, 0.3) is 5.69 Å². The number of methoxy groups -OCH3 is 1. The lowest BCUT2D eigenvalue weighted by molar-refractivity contribution is -0.384. The van der Waals surface area contributed by atoms with Crippen molar-refractivity contribution < 1.29 is 14.5 Å². The van der Waals surface area contributed by atoms with Gasteiger partial charge < -0.3 is 10.5 Å². The fraction of sp³-hybridized carbons (Fsp3) is 0.500. The van der Waals surface area contributed by atoms with Crippen molar-refractivity contribution in [2.45, 2.75) is 38.1 Å². The molecule has 0 bridgehead atoms. The molecule has 110 valence electrons. The minimum Gasteiger partial charge on any atom is -0.468 e. The van der Waals surface area contributed by atoms with E-state index in [0.717, 1.165) is 31.2 Å². The molecule has 0 aliphatic carbocycles. The predicted molar refractivity (Wildman–Crippen MR) is 75.3 cm³/mol. The van der Waals surface area contributed by atoms with Gasteiger partial charge >= 0.3 is 5.97 Å². The average molecular weight is 280 g/mol. The van der Waals surface area contributed by atoms with Gasteiger partial charge in [0.1, 0.15) is 6.04 Å². The highest BCUT2D eigenvalue weighted by Crippen LogP contribution is 2.14. The van der Waals surface area contributed by atoms with Gasteiger partial charge in [-0.15, -0.1) is 0 Å². The summed E-state index contributed by atoms with van der Waals surface area (Å²) in [5.74, 6) is -0.375. The van der Waals surface area contributed by atoms with Crippen molar-refractivity contribution in [3.63, 3.8) is 0 Å². The third-order valence-electron chi connectivity index (χ3n) is 3.13. The Hall–Kier alpha value is -1.95. The van der Waals surface area contributed by atoms with Gasteiger partial charge in [-0.3, -0.25) is 14.9 Å². The molecular formula is C14H20N2O4. The number of hydrogen-bond donors (Lipinski definition) is 1. The van der Waals surface area contributed by atoms with Crippen LogP contribution in [0.3, 0.4) is 0 Å². The van der Waals surface area contributed by atoms with E-state index in [1.807, 2.05) is 0 Å². The second kappa shape index (κ2) is 8.27. The first kappa shape index (κ1) is 16.1. The van der Waals surface area contributed by atoms with Crippen LogP contribution < -0.4 is 5.73 Å². The number of carbonyl (C=O) groups is 1. The van der Waals surface area contributed by atoms with Crippen molar-refractivity contribution >= 4 is 11.7 Å². The molecule has 2 N–H and O–H groups in total. The standard InChI is InChI=1S/C14H20N2O4/c1-20-14(17)13(15)6-4-2-3-5-11-7-9-12(10-8-11)16(18)19/h7-10,13H,2-6,15H2,1H3. The highest BCUT2D eigenvalue weighted by atomic mass is 16.6. The van der Waals surface area contributed by atoms with Crippen molar-refractivity contribution in [3.8, 4) is 0 Å². The van der Waals surface area contributed by atoms with E-state index in [9.17, 15) is 14.9 Å². The van der Waals surface area contributed by atoms with Crippen LogP contribution in [0.5, 0.6) is 0 Å². The molecule has 0 fully saturated rings. The van der Waals surface area contributed by atoms with E-state index >= 15 is 0 Å². The molecule has 1 unspecified atom stereocenters. The Bertz CT molecular complexity index is 445. The molecule has 6 heteroatoms.